The molecule has 0 saturated carbocycles. The topological polar surface area (TPSA) is 78.9 Å². The molecule has 0 rings (SSSR count). The van der Waals surface area contributed by atoms with Crippen LogP contribution < -0.4 is 0 Å². The lowest BCUT2D eigenvalue weighted by molar-refractivity contribution is -0.166. The van der Waals surface area contributed by atoms with E-state index in [0.29, 0.717) is 19.3 Å². The van der Waals surface area contributed by atoms with E-state index in [9.17, 15) is 14.4 Å². The number of hydrogen-bond acceptors (Lipinski definition) is 6. The van der Waals surface area contributed by atoms with E-state index in [4.69, 9.17) is 14.2 Å². The summed E-state index contributed by atoms with van der Waals surface area (Å²) in [6, 6.07) is 0. The van der Waals surface area contributed by atoms with Gasteiger partial charge in [0.2, 0.25) is 0 Å². The van der Waals surface area contributed by atoms with E-state index >= 15 is 0 Å². The molecule has 0 saturated heterocycles. The van der Waals surface area contributed by atoms with Gasteiger partial charge in [-0.3, -0.25) is 14.4 Å². The lowest BCUT2D eigenvalue weighted by Gasteiger charge is -2.18. The van der Waals surface area contributed by atoms with E-state index in [1.807, 2.05) is 6.08 Å². The molecule has 0 heterocycles. The summed E-state index contributed by atoms with van der Waals surface area (Å²) < 4.78 is 16.9. The average molecular weight is 1080 g/mol. The molecule has 448 valence electrons. The summed E-state index contributed by atoms with van der Waals surface area (Å²) in [6.07, 6.45) is 84.1. The minimum Gasteiger partial charge on any atom is -0.462 e. The van der Waals surface area contributed by atoms with Gasteiger partial charge >= 0.3 is 17.9 Å². The Hall–Kier alpha value is -2.89. The molecule has 1 unspecified atom stereocenters. The van der Waals surface area contributed by atoms with Crippen LogP contribution in [-0.4, -0.2) is 37.2 Å². The molecule has 0 bridgehead atoms. The number of carbonyl (C=O) groups excluding carboxylic acids is 3. The lowest BCUT2D eigenvalue weighted by Crippen LogP contribution is -2.30. The second-order valence-electron chi connectivity index (χ2n) is 22.7. The minimum absolute atomic E-state index is 0.0935. The van der Waals surface area contributed by atoms with Crippen LogP contribution in [0.2, 0.25) is 0 Å². The van der Waals surface area contributed by atoms with Gasteiger partial charge in [-0.2, -0.15) is 0 Å². The Morgan fingerprint density at radius 3 is 0.870 bits per heavy atom. The van der Waals surface area contributed by atoms with Gasteiger partial charge in [-0.1, -0.05) is 326 Å². The fourth-order valence-corrected chi connectivity index (χ4v) is 9.99. The first-order valence-corrected chi connectivity index (χ1v) is 33.8. The second kappa shape index (κ2) is 65.6. The van der Waals surface area contributed by atoms with Gasteiger partial charge in [-0.15, -0.1) is 0 Å². The predicted molar refractivity (Wildman–Crippen MR) is 335 cm³/mol. The molecular formula is C71H128O6. The third kappa shape index (κ3) is 63.8. The van der Waals surface area contributed by atoms with E-state index in [1.165, 1.54) is 244 Å². The number of carbonyl (C=O) groups is 3. The number of ether oxygens (including phenoxy) is 3. The molecule has 0 aromatic carbocycles. The van der Waals surface area contributed by atoms with Gasteiger partial charge in [0.1, 0.15) is 13.2 Å². The Labute approximate surface area is 479 Å². The van der Waals surface area contributed by atoms with Crippen molar-refractivity contribution < 1.29 is 28.6 Å². The fraction of sp³-hybridized carbons (Fsp3) is 0.817. The zero-order valence-corrected chi connectivity index (χ0v) is 51.5. The van der Waals surface area contributed by atoms with Gasteiger partial charge in [0.15, 0.2) is 6.10 Å². The molecule has 0 aromatic heterocycles. The van der Waals surface area contributed by atoms with Crippen molar-refractivity contribution in [3.63, 3.8) is 0 Å². The van der Waals surface area contributed by atoms with Crippen molar-refractivity contribution in [1.82, 2.24) is 0 Å². The van der Waals surface area contributed by atoms with E-state index in [2.05, 4.69) is 75.5 Å². The van der Waals surface area contributed by atoms with Crippen molar-refractivity contribution in [2.24, 2.45) is 0 Å². The number of rotatable bonds is 62. The highest BCUT2D eigenvalue weighted by Gasteiger charge is 2.19. The maximum atomic E-state index is 12.9. The monoisotopic (exact) mass is 1080 g/mol. The van der Waals surface area contributed by atoms with Crippen LogP contribution in [0, 0.1) is 0 Å². The highest BCUT2D eigenvalue weighted by Crippen LogP contribution is 2.18. The molecule has 0 spiro atoms. The average Bonchev–Trinajstić information content (AvgIpc) is 3.43. The van der Waals surface area contributed by atoms with Gasteiger partial charge in [-0.25, -0.2) is 0 Å². The maximum absolute atomic E-state index is 12.9. The number of hydrogen-bond donors (Lipinski definition) is 0. The number of unbranched alkanes of at least 4 members (excludes halogenated alkanes) is 41. The Morgan fingerprint density at radius 2 is 0.532 bits per heavy atom. The van der Waals surface area contributed by atoms with Crippen LogP contribution in [-0.2, 0) is 28.6 Å². The molecule has 0 aliphatic rings. The Bertz CT molecular complexity index is 1380. The number of esters is 3. The van der Waals surface area contributed by atoms with E-state index in [-0.39, 0.29) is 37.5 Å². The van der Waals surface area contributed by atoms with E-state index in [0.717, 1.165) is 64.2 Å². The molecule has 0 aliphatic heterocycles. The van der Waals surface area contributed by atoms with Crippen molar-refractivity contribution in [2.45, 2.75) is 361 Å². The van der Waals surface area contributed by atoms with Crippen LogP contribution in [0.1, 0.15) is 355 Å². The number of allylic oxidation sites excluding steroid dienone is 10. The van der Waals surface area contributed by atoms with Crippen molar-refractivity contribution in [3.8, 4) is 0 Å². The highest BCUT2D eigenvalue weighted by atomic mass is 16.6. The predicted octanol–water partition coefficient (Wildman–Crippen LogP) is 23.1. The van der Waals surface area contributed by atoms with E-state index < -0.39 is 6.10 Å². The van der Waals surface area contributed by atoms with Gasteiger partial charge in [-0.05, 0) is 70.6 Å². The van der Waals surface area contributed by atoms with Crippen LogP contribution in [0.4, 0.5) is 0 Å². The third-order valence-corrected chi connectivity index (χ3v) is 15.0. The molecule has 1 atom stereocenters. The van der Waals surface area contributed by atoms with Crippen molar-refractivity contribution in [2.75, 3.05) is 13.2 Å². The standard InChI is InChI=1S/C71H128O6/c1-4-7-10-13-16-19-22-25-27-29-31-32-33-34-35-36-37-38-40-41-43-46-49-52-55-58-61-64-70(73)76-67-68(66-75-69(72)63-60-57-54-51-48-45-24-21-18-15-12-9-6-3)77-71(74)65-62-59-56-53-50-47-44-42-39-30-28-26-23-20-17-14-11-8-5-2/h9,12,18,21,26,28,45,48,54,57,68H,4-8,10-11,13-17,19-20,22-25,27,29-44,46-47,49-53,55-56,58-67H2,1-3H3/b12-9-,21-18-,28-26-,48-45-,57-54-. The Kier molecular flexibility index (Phi) is 63.2. The van der Waals surface area contributed by atoms with Crippen LogP contribution in [0.25, 0.3) is 0 Å². The van der Waals surface area contributed by atoms with Crippen LogP contribution >= 0.6 is 0 Å². The van der Waals surface area contributed by atoms with Gasteiger partial charge in [0.25, 0.3) is 0 Å². The molecule has 0 amide bonds. The molecular weight excluding hydrogens is 949 g/mol. The highest BCUT2D eigenvalue weighted by molar-refractivity contribution is 5.71. The van der Waals surface area contributed by atoms with Crippen LogP contribution in [0.5, 0.6) is 0 Å². The molecule has 6 nitrogen and oxygen atoms in total. The summed E-state index contributed by atoms with van der Waals surface area (Å²) in [5, 5.41) is 0. The van der Waals surface area contributed by atoms with Gasteiger partial charge in [0.05, 0.1) is 0 Å². The molecule has 0 aliphatic carbocycles. The third-order valence-electron chi connectivity index (χ3n) is 15.0. The summed E-state index contributed by atoms with van der Waals surface area (Å²) in [5.41, 5.74) is 0. The quantitative estimate of drug-likeness (QED) is 0.0261. The normalized spacial score (nSPS) is 12.4. The summed E-state index contributed by atoms with van der Waals surface area (Å²) in [5.74, 6) is -0.961. The van der Waals surface area contributed by atoms with Crippen LogP contribution in [0.15, 0.2) is 60.8 Å². The summed E-state index contributed by atoms with van der Waals surface area (Å²) >= 11 is 0. The van der Waals surface area contributed by atoms with Gasteiger partial charge in [0, 0.05) is 19.3 Å². The Balaban J connectivity index is 4.25. The first kappa shape index (κ1) is 74.1. The van der Waals surface area contributed by atoms with Crippen molar-refractivity contribution in [1.29, 1.82) is 0 Å². The Morgan fingerprint density at radius 1 is 0.273 bits per heavy atom. The molecule has 0 radical (unpaired) electrons. The largest absolute Gasteiger partial charge is 0.462 e. The maximum Gasteiger partial charge on any atom is 0.306 e. The smallest absolute Gasteiger partial charge is 0.306 e. The van der Waals surface area contributed by atoms with Crippen molar-refractivity contribution in [3.05, 3.63) is 60.8 Å². The SMILES string of the molecule is CC/C=C\C/C=C\C/C=C\C/C=C\CCC(=O)OCC(COC(=O)CCCCCCCCCCCCCCCCCCCCCCCCCCCCC)OC(=O)CCCCCCCCCCC/C=C\CCCCCCCC. The first-order valence-electron chi connectivity index (χ1n) is 33.8. The molecule has 77 heavy (non-hydrogen) atoms. The fourth-order valence-electron chi connectivity index (χ4n) is 9.99. The molecule has 6 heteroatoms. The lowest BCUT2D eigenvalue weighted by atomic mass is 10.0. The van der Waals surface area contributed by atoms with Crippen LogP contribution in [0.3, 0.4) is 0 Å². The molecule has 0 N–H and O–H groups in total. The second-order valence-corrected chi connectivity index (χ2v) is 22.7. The zero-order chi connectivity index (χ0) is 55.7. The molecule has 0 fully saturated rings. The summed E-state index contributed by atoms with van der Waals surface area (Å²) in [7, 11) is 0. The zero-order valence-electron chi connectivity index (χ0n) is 51.5. The minimum atomic E-state index is -0.803. The summed E-state index contributed by atoms with van der Waals surface area (Å²) in [4.78, 5) is 38.3. The molecule has 0 aromatic rings. The van der Waals surface area contributed by atoms with Crippen molar-refractivity contribution >= 4 is 17.9 Å². The van der Waals surface area contributed by atoms with E-state index in [1.54, 1.807) is 0 Å². The summed E-state index contributed by atoms with van der Waals surface area (Å²) in [6.45, 7) is 6.51. The first-order chi connectivity index (χ1) is 38.0. The van der Waals surface area contributed by atoms with Gasteiger partial charge < -0.3 is 14.2 Å².